The lowest BCUT2D eigenvalue weighted by molar-refractivity contribution is -0.0956. The maximum atomic E-state index is 9.41. The lowest BCUT2D eigenvalue weighted by atomic mass is 9.85. The third-order valence-electron chi connectivity index (χ3n) is 3.26. The molecule has 0 radical (unpaired) electrons. The summed E-state index contributed by atoms with van der Waals surface area (Å²) < 4.78 is 11.8. The van der Waals surface area contributed by atoms with Crippen molar-refractivity contribution < 1.29 is 14.6 Å². The molecule has 0 spiro atoms. The van der Waals surface area contributed by atoms with Crippen LogP contribution in [0.2, 0.25) is 0 Å². The maximum absolute atomic E-state index is 9.41. The van der Waals surface area contributed by atoms with Gasteiger partial charge in [0.05, 0.1) is 24.4 Å². The normalized spacial score (nSPS) is 30.9. The van der Waals surface area contributed by atoms with Gasteiger partial charge in [0.25, 0.3) is 0 Å². The highest BCUT2D eigenvalue weighted by atomic mass is 16.6. The monoisotopic (exact) mass is 244 g/mol. The zero-order chi connectivity index (χ0) is 13.3. The van der Waals surface area contributed by atoms with E-state index in [1.807, 2.05) is 20.8 Å². The molecule has 0 aromatic carbocycles. The first-order chi connectivity index (χ1) is 7.63. The molecule has 0 aromatic heterocycles. The summed E-state index contributed by atoms with van der Waals surface area (Å²) in [5.41, 5.74) is -0.0207. The third-order valence-corrected chi connectivity index (χ3v) is 3.26. The Bertz CT molecular complexity index is 237. The van der Waals surface area contributed by atoms with Crippen LogP contribution in [0, 0.1) is 11.3 Å². The summed E-state index contributed by atoms with van der Waals surface area (Å²) in [5, 5.41) is 9.41. The summed E-state index contributed by atoms with van der Waals surface area (Å²) in [5.74, 6) is 0.210. The highest BCUT2D eigenvalue weighted by molar-refractivity contribution is 4.88. The Labute approximate surface area is 105 Å². The first-order valence-corrected chi connectivity index (χ1v) is 6.54. The number of rotatable bonds is 3. The first kappa shape index (κ1) is 14.9. The zero-order valence-electron chi connectivity index (χ0n) is 12.1. The molecular formula is C14H28O3. The van der Waals surface area contributed by atoms with E-state index in [0.717, 1.165) is 6.42 Å². The largest absolute Gasteiger partial charge is 0.396 e. The second kappa shape index (κ2) is 5.25. The Morgan fingerprint density at radius 2 is 1.76 bits per heavy atom. The standard InChI is InChI=1S/C14H28O3/c1-13(2,3)12-7-10(8-15)11(17-12)9-16-14(4,5)6/h10-12,15H,7-9H2,1-6H3/t10-,11-,12-/m1/s1. The summed E-state index contributed by atoms with van der Waals surface area (Å²) in [7, 11) is 0. The van der Waals surface area contributed by atoms with Crippen molar-refractivity contribution >= 4 is 0 Å². The van der Waals surface area contributed by atoms with Crippen molar-refractivity contribution in [2.24, 2.45) is 11.3 Å². The van der Waals surface area contributed by atoms with Crippen molar-refractivity contribution in [3.8, 4) is 0 Å². The first-order valence-electron chi connectivity index (χ1n) is 6.54. The number of hydrogen-bond acceptors (Lipinski definition) is 3. The van der Waals surface area contributed by atoms with E-state index in [1.165, 1.54) is 0 Å². The second-order valence-corrected chi connectivity index (χ2v) is 7.13. The van der Waals surface area contributed by atoms with Crippen molar-refractivity contribution in [3.05, 3.63) is 0 Å². The highest BCUT2D eigenvalue weighted by Crippen LogP contribution is 2.37. The van der Waals surface area contributed by atoms with Gasteiger partial charge in [-0.1, -0.05) is 20.8 Å². The van der Waals surface area contributed by atoms with Gasteiger partial charge >= 0.3 is 0 Å². The molecule has 0 amide bonds. The molecule has 1 rings (SSSR count). The Morgan fingerprint density at radius 3 is 2.18 bits per heavy atom. The van der Waals surface area contributed by atoms with Crippen LogP contribution >= 0.6 is 0 Å². The van der Waals surface area contributed by atoms with Crippen molar-refractivity contribution in [1.29, 1.82) is 0 Å². The van der Waals surface area contributed by atoms with Crippen LogP contribution in [0.5, 0.6) is 0 Å². The Morgan fingerprint density at radius 1 is 1.18 bits per heavy atom. The fourth-order valence-electron chi connectivity index (χ4n) is 2.06. The molecule has 17 heavy (non-hydrogen) atoms. The average Bonchev–Trinajstić information content (AvgIpc) is 2.55. The summed E-state index contributed by atoms with van der Waals surface area (Å²) >= 11 is 0. The van der Waals surface area contributed by atoms with Crippen LogP contribution in [0.15, 0.2) is 0 Å². The quantitative estimate of drug-likeness (QED) is 0.829. The molecule has 1 fully saturated rings. The van der Waals surface area contributed by atoms with Gasteiger partial charge in [-0.2, -0.15) is 0 Å². The summed E-state index contributed by atoms with van der Waals surface area (Å²) in [4.78, 5) is 0. The van der Waals surface area contributed by atoms with E-state index in [9.17, 15) is 5.11 Å². The van der Waals surface area contributed by atoms with Crippen molar-refractivity contribution in [2.45, 2.75) is 65.8 Å². The average molecular weight is 244 g/mol. The van der Waals surface area contributed by atoms with Crippen LogP contribution < -0.4 is 0 Å². The predicted molar refractivity (Wildman–Crippen MR) is 69.0 cm³/mol. The lowest BCUT2D eigenvalue weighted by Gasteiger charge is -2.28. The molecule has 1 saturated heterocycles. The van der Waals surface area contributed by atoms with Crippen molar-refractivity contribution in [1.82, 2.24) is 0 Å². The van der Waals surface area contributed by atoms with E-state index in [4.69, 9.17) is 9.47 Å². The maximum Gasteiger partial charge on any atom is 0.0863 e. The molecule has 1 N–H and O–H groups in total. The van der Waals surface area contributed by atoms with Crippen molar-refractivity contribution in [3.63, 3.8) is 0 Å². The van der Waals surface area contributed by atoms with Crippen LogP contribution in [0.1, 0.15) is 48.0 Å². The zero-order valence-corrected chi connectivity index (χ0v) is 12.1. The SMILES string of the molecule is CC(C)(C)OC[C@H]1O[C@@H](C(C)(C)C)C[C@@H]1CO. The minimum atomic E-state index is -0.150. The van der Waals surface area contributed by atoms with Crippen molar-refractivity contribution in [2.75, 3.05) is 13.2 Å². The van der Waals surface area contributed by atoms with Gasteiger partial charge in [-0.15, -0.1) is 0 Å². The molecule has 0 bridgehead atoms. The fourth-order valence-corrected chi connectivity index (χ4v) is 2.06. The van der Waals surface area contributed by atoms with E-state index in [2.05, 4.69) is 20.8 Å². The van der Waals surface area contributed by atoms with E-state index < -0.39 is 0 Å². The summed E-state index contributed by atoms with van der Waals surface area (Å²) in [6.07, 6.45) is 1.18. The Balaban J connectivity index is 2.54. The van der Waals surface area contributed by atoms with Crippen LogP contribution in [0.25, 0.3) is 0 Å². The number of aliphatic hydroxyl groups is 1. The lowest BCUT2D eigenvalue weighted by Crippen LogP contribution is -2.32. The molecular weight excluding hydrogens is 216 g/mol. The number of hydrogen-bond donors (Lipinski definition) is 1. The highest BCUT2D eigenvalue weighted by Gasteiger charge is 2.40. The molecule has 1 heterocycles. The Hall–Kier alpha value is -0.120. The van der Waals surface area contributed by atoms with Gasteiger partial charge in [-0.3, -0.25) is 0 Å². The number of aliphatic hydroxyl groups excluding tert-OH is 1. The number of ether oxygens (including phenoxy) is 2. The third kappa shape index (κ3) is 4.57. The minimum absolute atomic E-state index is 0.0310. The molecule has 102 valence electrons. The van der Waals surface area contributed by atoms with E-state index in [1.54, 1.807) is 0 Å². The minimum Gasteiger partial charge on any atom is -0.396 e. The molecule has 0 aliphatic carbocycles. The molecule has 0 aromatic rings. The van der Waals surface area contributed by atoms with E-state index in [0.29, 0.717) is 6.61 Å². The Kier molecular flexibility index (Phi) is 4.61. The predicted octanol–water partition coefficient (Wildman–Crippen LogP) is 2.61. The van der Waals surface area contributed by atoms with E-state index in [-0.39, 0.29) is 35.7 Å². The molecule has 3 nitrogen and oxygen atoms in total. The second-order valence-electron chi connectivity index (χ2n) is 7.13. The molecule has 1 aliphatic rings. The van der Waals surface area contributed by atoms with Gasteiger partial charge < -0.3 is 14.6 Å². The smallest absolute Gasteiger partial charge is 0.0863 e. The van der Waals surface area contributed by atoms with Gasteiger partial charge in [-0.05, 0) is 32.6 Å². The van der Waals surface area contributed by atoms with Gasteiger partial charge in [-0.25, -0.2) is 0 Å². The molecule has 0 saturated carbocycles. The van der Waals surface area contributed by atoms with Crippen LogP contribution in [-0.2, 0) is 9.47 Å². The summed E-state index contributed by atoms with van der Waals surface area (Å²) in [6.45, 7) is 13.4. The van der Waals surface area contributed by atoms with Crippen LogP contribution in [0.3, 0.4) is 0 Å². The van der Waals surface area contributed by atoms with Gasteiger partial charge in [0.15, 0.2) is 0 Å². The molecule has 1 aliphatic heterocycles. The molecule has 0 unspecified atom stereocenters. The molecule has 3 heteroatoms. The molecule has 3 atom stereocenters. The van der Waals surface area contributed by atoms with Crippen LogP contribution in [-0.4, -0.2) is 36.1 Å². The van der Waals surface area contributed by atoms with E-state index >= 15 is 0 Å². The van der Waals surface area contributed by atoms with Crippen LogP contribution in [0.4, 0.5) is 0 Å². The summed E-state index contributed by atoms with van der Waals surface area (Å²) in [6, 6.07) is 0. The van der Waals surface area contributed by atoms with Gasteiger partial charge in [0.2, 0.25) is 0 Å². The van der Waals surface area contributed by atoms with Gasteiger partial charge in [0.1, 0.15) is 0 Å². The topological polar surface area (TPSA) is 38.7 Å². The van der Waals surface area contributed by atoms with Gasteiger partial charge in [0, 0.05) is 12.5 Å². The fraction of sp³-hybridized carbons (Fsp3) is 1.00.